The Kier molecular flexibility index (Phi) is 4.88. The van der Waals surface area contributed by atoms with E-state index >= 15 is 0 Å². The molecule has 1 fully saturated rings. The van der Waals surface area contributed by atoms with Crippen molar-refractivity contribution in [3.63, 3.8) is 0 Å². The number of halogens is 2. The van der Waals surface area contributed by atoms with E-state index < -0.39 is 23.4 Å². The summed E-state index contributed by atoms with van der Waals surface area (Å²) in [5.74, 6) is -1.38. The summed E-state index contributed by atoms with van der Waals surface area (Å²) in [7, 11) is 0. The van der Waals surface area contributed by atoms with E-state index in [0.717, 1.165) is 12.8 Å². The maximum Gasteiger partial charge on any atom is 0.198 e. The molecule has 0 saturated carbocycles. The van der Waals surface area contributed by atoms with Gasteiger partial charge >= 0.3 is 0 Å². The van der Waals surface area contributed by atoms with Crippen molar-refractivity contribution < 1.29 is 18.3 Å². The molecule has 1 saturated heterocycles. The number of benzene rings is 2. The molecule has 0 aromatic heterocycles. The van der Waals surface area contributed by atoms with Crippen LogP contribution in [-0.2, 0) is 4.74 Å². The summed E-state index contributed by atoms with van der Waals surface area (Å²) < 4.78 is 39.4. The fourth-order valence-corrected chi connectivity index (χ4v) is 2.83. The molecular formula is C18H19F2NO2. The molecule has 0 amide bonds. The lowest BCUT2D eigenvalue weighted by atomic mass is 9.87. The van der Waals surface area contributed by atoms with Gasteiger partial charge in [0.15, 0.2) is 17.4 Å². The minimum Gasteiger partial charge on any atom is -0.451 e. The predicted octanol–water partition coefficient (Wildman–Crippen LogP) is 4.18. The molecule has 1 unspecified atom stereocenters. The highest BCUT2D eigenvalue weighted by atomic mass is 19.1. The van der Waals surface area contributed by atoms with Crippen molar-refractivity contribution in [2.24, 2.45) is 11.7 Å². The number of hydrogen-bond donors (Lipinski definition) is 1. The fourth-order valence-electron chi connectivity index (χ4n) is 2.83. The molecule has 1 aliphatic heterocycles. The molecule has 1 atom stereocenters. The molecule has 2 N–H and O–H groups in total. The first-order valence-electron chi connectivity index (χ1n) is 7.71. The first-order valence-corrected chi connectivity index (χ1v) is 7.71. The summed E-state index contributed by atoms with van der Waals surface area (Å²) >= 11 is 0. The van der Waals surface area contributed by atoms with Crippen molar-refractivity contribution in [3.8, 4) is 11.5 Å². The number of para-hydroxylation sites is 1. The summed E-state index contributed by atoms with van der Waals surface area (Å²) in [6, 6.07) is 10.7. The van der Waals surface area contributed by atoms with E-state index in [-0.39, 0.29) is 11.5 Å². The van der Waals surface area contributed by atoms with Crippen LogP contribution >= 0.6 is 0 Å². The molecule has 3 nitrogen and oxygen atoms in total. The summed E-state index contributed by atoms with van der Waals surface area (Å²) in [5, 5.41) is 0. The molecule has 5 heteroatoms. The van der Waals surface area contributed by atoms with Crippen LogP contribution in [0.1, 0.15) is 24.4 Å². The van der Waals surface area contributed by atoms with Gasteiger partial charge in [-0.15, -0.1) is 0 Å². The smallest absolute Gasteiger partial charge is 0.198 e. The zero-order valence-electron chi connectivity index (χ0n) is 12.7. The Labute approximate surface area is 134 Å². The third kappa shape index (κ3) is 3.51. The topological polar surface area (TPSA) is 44.5 Å². The minimum atomic E-state index is -0.741. The normalized spacial score (nSPS) is 17.0. The van der Waals surface area contributed by atoms with Gasteiger partial charge < -0.3 is 15.2 Å². The van der Waals surface area contributed by atoms with E-state index in [9.17, 15) is 8.78 Å². The van der Waals surface area contributed by atoms with Crippen LogP contribution in [0.5, 0.6) is 11.5 Å². The SMILES string of the molecule is NC(c1ccc(F)c(Oc2ccccc2)c1F)C1CCOCC1. The maximum absolute atomic E-state index is 14.7. The van der Waals surface area contributed by atoms with E-state index in [0.29, 0.717) is 19.0 Å². The van der Waals surface area contributed by atoms with Crippen LogP contribution in [0.4, 0.5) is 8.78 Å². The average molecular weight is 319 g/mol. The van der Waals surface area contributed by atoms with E-state index in [1.165, 1.54) is 12.1 Å². The molecule has 3 rings (SSSR count). The molecule has 1 aliphatic rings. The van der Waals surface area contributed by atoms with Gasteiger partial charge in [0.1, 0.15) is 5.75 Å². The van der Waals surface area contributed by atoms with Crippen LogP contribution in [0.25, 0.3) is 0 Å². The zero-order valence-corrected chi connectivity index (χ0v) is 12.7. The predicted molar refractivity (Wildman–Crippen MR) is 83.3 cm³/mol. The molecule has 122 valence electrons. The number of nitrogens with two attached hydrogens (primary N) is 1. The van der Waals surface area contributed by atoms with Crippen LogP contribution in [0, 0.1) is 17.6 Å². The summed E-state index contributed by atoms with van der Waals surface area (Å²) in [6.45, 7) is 1.24. The lowest BCUT2D eigenvalue weighted by molar-refractivity contribution is 0.0579. The quantitative estimate of drug-likeness (QED) is 0.919. The zero-order chi connectivity index (χ0) is 16.2. The molecule has 2 aromatic rings. The van der Waals surface area contributed by atoms with Crippen LogP contribution in [0.15, 0.2) is 42.5 Å². The van der Waals surface area contributed by atoms with E-state index in [2.05, 4.69) is 0 Å². The second-order valence-electron chi connectivity index (χ2n) is 5.67. The highest BCUT2D eigenvalue weighted by Crippen LogP contribution is 2.35. The average Bonchev–Trinajstić information content (AvgIpc) is 2.60. The van der Waals surface area contributed by atoms with Crippen LogP contribution in [0.3, 0.4) is 0 Å². The van der Waals surface area contributed by atoms with Crippen molar-refractivity contribution in [3.05, 3.63) is 59.7 Å². The van der Waals surface area contributed by atoms with E-state index in [4.69, 9.17) is 15.2 Å². The standard InChI is InChI=1S/C18H19F2NO2/c19-15-7-6-14(17(21)12-8-10-22-11-9-12)16(20)18(15)23-13-4-2-1-3-5-13/h1-7,12,17H,8-11,21H2. The third-order valence-corrected chi connectivity index (χ3v) is 4.17. The van der Waals surface area contributed by atoms with Crippen molar-refractivity contribution >= 4 is 0 Å². The Balaban J connectivity index is 1.88. The summed E-state index contributed by atoms with van der Waals surface area (Å²) in [4.78, 5) is 0. The largest absolute Gasteiger partial charge is 0.451 e. The Bertz CT molecular complexity index is 658. The van der Waals surface area contributed by atoms with Gasteiger partial charge in [-0.1, -0.05) is 24.3 Å². The van der Waals surface area contributed by atoms with Crippen molar-refractivity contribution in [1.29, 1.82) is 0 Å². The van der Waals surface area contributed by atoms with Crippen LogP contribution in [0.2, 0.25) is 0 Å². The van der Waals surface area contributed by atoms with Crippen LogP contribution < -0.4 is 10.5 Å². The highest BCUT2D eigenvalue weighted by molar-refractivity contribution is 5.38. The van der Waals surface area contributed by atoms with Gasteiger partial charge in [0.25, 0.3) is 0 Å². The van der Waals surface area contributed by atoms with E-state index in [1.54, 1.807) is 30.3 Å². The maximum atomic E-state index is 14.7. The van der Waals surface area contributed by atoms with Gasteiger partial charge in [-0.05, 0) is 37.0 Å². The van der Waals surface area contributed by atoms with Gasteiger partial charge in [0, 0.05) is 24.8 Å². The molecule has 0 spiro atoms. The number of rotatable bonds is 4. The van der Waals surface area contributed by atoms with Gasteiger partial charge in [-0.3, -0.25) is 0 Å². The summed E-state index contributed by atoms with van der Waals surface area (Å²) in [5.41, 5.74) is 6.49. The van der Waals surface area contributed by atoms with Crippen molar-refractivity contribution in [2.45, 2.75) is 18.9 Å². The second kappa shape index (κ2) is 7.06. The molecule has 0 aliphatic carbocycles. The van der Waals surface area contributed by atoms with Crippen LogP contribution in [-0.4, -0.2) is 13.2 Å². The molecule has 23 heavy (non-hydrogen) atoms. The molecular weight excluding hydrogens is 300 g/mol. The highest BCUT2D eigenvalue weighted by Gasteiger charge is 2.27. The lowest BCUT2D eigenvalue weighted by Gasteiger charge is -2.28. The van der Waals surface area contributed by atoms with Gasteiger partial charge in [0.05, 0.1) is 0 Å². The Morgan fingerprint density at radius 1 is 1.04 bits per heavy atom. The number of ether oxygens (including phenoxy) is 2. The van der Waals surface area contributed by atoms with Gasteiger partial charge in [-0.25, -0.2) is 8.78 Å². The van der Waals surface area contributed by atoms with Gasteiger partial charge in [-0.2, -0.15) is 0 Å². The monoisotopic (exact) mass is 319 g/mol. The summed E-state index contributed by atoms with van der Waals surface area (Å²) in [6.07, 6.45) is 1.54. The van der Waals surface area contributed by atoms with Crippen molar-refractivity contribution in [2.75, 3.05) is 13.2 Å². The third-order valence-electron chi connectivity index (χ3n) is 4.17. The number of hydrogen-bond acceptors (Lipinski definition) is 3. The molecule has 0 radical (unpaired) electrons. The Morgan fingerprint density at radius 3 is 2.43 bits per heavy atom. The first-order chi connectivity index (χ1) is 11.2. The molecule has 1 heterocycles. The molecule has 2 aromatic carbocycles. The Hall–Kier alpha value is -1.98. The second-order valence-corrected chi connectivity index (χ2v) is 5.67. The molecule has 0 bridgehead atoms. The van der Waals surface area contributed by atoms with E-state index in [1.807, 2.05) is 0 Å². The fraction of sp³-hybridized carbons (Fsp3) is 0.333. The van der Waals surface area contributed by atoms with Crippen molar-refractivity contribution in [1.82, 2.24) is 0 Å². The lowest BCUT2D eigenvalue weighted by Crippen LogP contribution is -2.28. The first kappa shape index (κ1) is 15.9. The van der Waals surface area contributed by atoms with Gasteiger partial charge in [0.2, 0.25) is 0 Å². The Morgan fingerprint density at radius 2 is 1.74 bits per heavy atom. The minimum absolute atomic E-state index is 0.119.